The van der Waals surface area contributed by atoms with Crippen LogP contribution in [0.3, 0.4) is 0 Å². The van der Waals surface area contributed by atoms with E-state index in [2.05, 4.69) is 20.8 Å². The van der Waals surface area contributed by atoms with E-state index in [1.807, 2.05) is 24.3 Å². The number of hydrogen-bond donors (Lipinski definition) is 1. The lowest BCUT2D eigenvalue weighted by Gasteiger charge is -1.98. The van der Waals surface area contributed by atoms with Gasteiger partial charge in [0.25, 0.3) is 0 Å². The smallest absolute Gasteiger partial charge is 0.328 e. The van der Waals surface area contributed by atoms with Crippen molar-refractivity contribution in [2.24, 2.45) is 0 Å². The molecule has 0 fully saturated rings. The molecule has 0 amide bonds. The molecule has 2 heteroatoms. The van der Waals surface area contributed by atoms with Gasteiger partial charge in [-0.3, -0.25) is 0 Å². The maximum atomic E-state index is 10.3. The summed E-state index contributed by atoms with van der Waals surface area (Å²) in [4.78, 5) is 10.3. The van der Waals surface area contributed by atoms with Gasteiger partial charge in [0.15, 0.2) is 0 Å². The van der Waals surface area contributed by atoms with E-state index in [0.717, 1.165) is 24.5 Å². The van der Waals surface area contributed by atoms with Crippen molar-refractivity contribution in [2.45, 2.75) is 40.0 Å². The molecule has 1 aromatic carbocycles. The number of benzene rings is 1. The third-order valence-electron chi connectivity index (χ3n) is 1.94. The zero-order chi connectivity index (χ0) is 13.1. The normalized spacial score (nSPS) is 9.82. The van der Waals surface area contributed by atoms with E-state index in [-0.39, 0.29) is 0 Å². The Hall–Kier alpha value is -1.57. The quantitative estimate of drug-likeness (QED) is 0.794. The van der Waals surface area contributed by atoms with Crippen LogP contribution in [0.2, 0.25) is 0 Å². The zero-order valence-electron chi connectivity index (χ0n) is 10.9. The summed E-state index contributed by atoms with van der Waals surface area (Å²) >= 11 is 0. The van der Waals surface area contributed by atoms with Gasteiger partial charge in [-0.15, -0.1) is 0 Å². The SMILES string of the molecule is CCC.CCCc1ccc(/C=C/C(=O)O)cc1. The van der Waals surface area contributed by atoms with E-state index >= 15 is 0 Å². The number of carbonyl (C=O) groups is 1. The van der Waals surface area contributed by atoms with Crippen LogP contribution in [0.4, 0.5) is 0 Å². The van der Waals surface area contributed by atoms with Crippen molar-refractivity contribution in [3.8, 4) is 0 Å². The van der Waals surface area contributed by atoms with E-state index in [9.17, 15) is 4.79 Å². The summed E-state index contributed by atoms with van der Waals surface area (Å²) in [7, 11) is 0. The van der Waals surface area contributed by atoms with E-state index in [1.54, 1.807) is 6.08 Å². The van der Waals surface area contributed by atoms with Gasteiger partial charge in [0.2, 0.25) is 0 Å². The lowest BCUT2D eigenvalue weighted by atomic mass is 10.1. The van der Waals surface area contributed by atoms with Gasteiger partial charge in [-0.2, -0.15) is 0 Å². The number of carboxylic acids is 1. The highest BCUT2D eigenvalue weighted by atomic mass is 16.4. The molecule has 0 aromatic heterocycles. The molecule has 0 unspecified atom stereocenters. The van der Waals surface area contributed by atoms with Crippen LogP contribution in [-0.4, -0.2) is 11.1 Å². The van der Waals surface area contributed by atoms with Crippen LogP contribution in [0, 0.1) is 0 Å². The maximum absolute atomic E-state index is 10.3. The first-order valence-electron chi connectivity index (χ1n) is 6.13. The number of aliphatic carboxylic acids is 1. The fourth-order valence-corrected chi connectivity index (χ4v) is 1.25. The molecule has 0 atom stereocenters. The van der Waals surface area contributed by atoms with Gasteiger partial charge in [-0.25, -0.2) is 4.79 Å². The topological polar surface area (TPSA) is 37.3 Å². The standard InChI is InChI=1S/C12H14O2.C3H8/c1-2-3-10-4-6-11(7-5-10)8-9-12(13)14;1-3-2/h4-9H,2-3H2,1H3,(H,13,14);3H2,1-2H3/b9-8+;. The van der Waals surface area contributed by atoms with Crippen molar-refractivity contribution in [3.05, 3.63) is 41.5 Å². The number of hydrogen-bond acceptors (Lipinski definition) is 1. The van der Waals surface area contributed by atoms with Gasteiger partial charge in [0, 0.05) is 6.08 Å². The molecule has 0 radical (unpaired) electrons. The van der Waals surface area contributed by atoms with Crippen LogP contribution in [-0.2, 0) is 11.2 Å². The molecule has 0 aliphatic rings. The molecule has 0 saturated carbocycles. The van der Waals surface area contributed by atoms with Gasteiger partial charge in [0.1, 0.15) is 0 Å². The molecule has 0 spiro atoms. The molecule has 17 heavy (non-hydrogen) atoms. The minimum atomic E-state index is -0.914. The third-order valence-corrected chi connectivity index (χ3v) is 1.94. The molecule has 1 N–H and O–H groups in total. The summed E-state index contributed by atoms with van der Waals surface area (Å²) in [6.45, 7) is 6.39. The van der Waals surface area contributed by atoms with Crippen LogP contribution >= 0.6 is 0 Å². The lowest BCUT2D eigenvalue weighted by molar-refractivity contribution is -0.131. The van der Waals surface area contributed by atoms with Crippen molar-refractivity contribution in [1.82, 2.24) is 0 Å². The third kappa shape index (κ3) is 8.26. The lowest BCUT2D eigenvalue weighted by Crippen LogP contribution is -1.86. The molecule has 0 saturated heterocycles. The highest BCUT2D eigenvalue weighted by molar-refractivity contribution is 5.85. The first-order valence-corrected chi connectivity index (χ1v) is 6.13. The summed E-state index contributed by atoms with van der Waals surface area (Å²) in [6.07, 6.45) is 6.19. The molecule has 2 nitrogen and oxygen atoms in total. The fourth-order valence-electron chi connectivity index (χ4n) is 1.25. The van der Waals surface area contributed by atoms with Crippen molar-refractivity contribution >= 4 is 12.0 Å². The Morgan fingerprint density at radius 3 is 2.12 bits per heavy atom. The van der Waals surface area contributed by atoms with Gasteiger partial charge in [0.05, 0.1) is 0 Å². The van der Waals surface area contributed by atoms with Gasteiger partial charge >= 0.3 is 5.97 Å². The van der Waals surface area contributed by atoms with Crippen LogP contribution in [0.25, 0.3) is 6.08 Å². The van der Waals surface area contributed by atoms with Crippen LogP contribution in [0.1, 0.15) is 44.7 Å². The molecule has 1 aromatic rings. The molecule has 0 aliphatic heterocycles. The Labute approximate surface area is 104 Å². The highest BCUT2D eigenvalue weighted by Gasteiger charge is 1.91. The summed E-state index contributed by atoms with van der Waals surface area (Å²) in [5.41, 5.74) is 2.22. The van der Waals surface area contributed by atoms with Crippen molar-refractivity contribution in [1.29, 1.82) is 0 Å². The predicted molar refractivity (Wildman–Crippen MR) is 73.1 cm³/mol. The van der Waals surface area contributed by atoms with E-state index in [4.69, 9.17) is 5.11 Å². The number of carboxylic acid groups (broad SMARTS) is 1. The Kier molecular flexibility index (Phi) is 8.75. The first-order chi connectivity index (χ1) is 8.13. The van der Waals surface area contributed by atoms with Crippen molar-refractivity contribution in [3.63, 3.8) is 0 Å². The number of aryl methyl sites for hydroxylation is 1. The molecule has 94 valence electrons. The Balaban J connectivity index is 0.000000770. The van der Waals surface area contributed by atoms with Gasteiger partial charge < -0.3 is 5.11 Å². The van der Waals surface area contributed by atoms with Crippen LogP contribution in [0.5, 0.6) is 0 Å². The monoisotopic (exact) mass is 234 g/mol. The molecular formula is C15H22O2. The molecular weight excluding hydrogens is 212 g/mol. The van der Waals surface area contributed by atoms with E-state index in [1.165, 1.54) is 12.0 Å². The summed E-state index contributed by atoms with van der Waals surface area (Å²) < 4.78 is 0. The fraction of sp³-hybridized carbons (Fsp3) is 0.400. The molecule has 0 heterocycles. The Bertz CT molecular complexity index is 336. The zero-order valence-corrected chi connectivity index (χ0v) is 10.9. The average Bonchev–Trinajstić information content (AvgIpc) is 2.29. The number of rotatable bonds is 4. The molecule has 0 aliphatic carbocycles. The largest absolute Gasteiger partial charge is 0.478 e. The highest BCUT2D eigenvalue weighted by Crippen LogP contribution is 2.07. The summed E-state index contributed by atoms with van der Waals surface area (Å²) in [5.74, 6) is -0.914. The summed E-state index contributed by atoms with van der Waals surface area (Å²) in [6, 6.07) is 7.94. The van der Waals surface area contributed by atoms with E-state index < -0.39 is 5.97 Å². The van der Waals surface area contributed by atoms with Crippen LogP contribution in [0.15, 0.2) is 30.3 Å². The van der Waals surface area contributed by atoms with Crippen molar-refractivity contribution in [2.75, 3.05) is 0 Å². The van der Waals surface area contributed by atoms with Crippen LogP contribution < -0.4 is 0 Å². The van der Waals surface area contributed by atoms with Gasteiger partial charge in [-0.1, -0.05) is 57.9 Å². The average molecular weight is 234 g/mol. The molecule has 0 bridgehead atoms. The van der Waals surface area contributed by atoms with Gasteiger partial charge in [-0.05, 0) is 23.6 Å². The summed E-state index contributed by atoms with van der Waals surface area (Å²) in [5, 5.41) is 8.43. The molecule has 1 rings (SSSR count). The Morgan fingerprint density at radius 2 is 1.71 bits per heavy atom. The van der Waals surface area contributed by atoms with E-state index in [0.29, 0.717) is 0 Å². The minimum Gasteiger partial charge on any atom is -0.478 e. The second-order valence-electron chi connectivity index (χ2n) is 3.87. The predicted octanol–water partition coefficient (Wildman–Crippen LogP) is 4.15. The van der Waals surface area contributed by atoms with Crippen molar-refractivity contribution < 1.29 is 9.90 Å². The second kappa shape index (κ2) is 9.64. The first kappa shape index (κ1) is 15.4. The maximum Gasteiger partial charge on any atom is 0.328 e. The minimum absolute atomic E-state index is 0.914. The second-order valence-corrected chi connectivity index (χ2v) is 3.87. The Morgan fingerprint density at radius 1 is 1.18 bits per heavy atom.